The Labute approximate surface area is 168 Å². The highest BCUT2D eigenvalue weighted by Crippen LogP contribution is 2.24. The number of hydrogen-bond donors (Lipinski definition) is 1. The Morgan fingerprint density at radius 1 is 0.964 bits per heavy atom. The maximum atomic E-state index is 12.5. The summed E-state index contributed by atoms with van der Waals surface area (Å²) < 4.78 is 2.02. The molecule has 3 aromatic carbocycles. The van der Waals surface area contributed by atoms with Crippen molar-refractivity contribution in [1.29, 1.82) is 0 Å². The van der Waals surface area contributed by atoms with Gasteiger partial charge < -0.3 is 9.88 Å². The molecule has 4 nitrogen and oxygen atoms in total. The first kappa shape index (κ1) is 18.3. The number of thioether (sulfide) groups is 1. The van der Waals surface area contributed by atoms with E-state index in [0.717, 1.165) is 33.9 Å². The topological polar surface area (TPSA) is 46.9 Å². The van der Waals surface area contributed by atoms with Crippen LogP contribution in [0.1, 0.15) is 11.1 Å². The number of hydrogen-bond acceptors (Lipinski definition) is 3. The Hall–Kier alpha value is -3.05. The number of fused-ring (bicyclic) bond motifs is 1. The van der Waals surface area contributed by atoms with Crippen molar-refractivity contribution in [3.05, 3.63) is 90.0 Å². The molecule has 0 spiro atoms. The number of rotatable bonds is 6. The molecule has 0 saturated heterocycles. The van der Waals surface area contributed by atoms with Crippen molar-refractivity contribution in [3.63, 3.8) is 0 Å². The zero-order valence-electron chi connectivity index (χ0n) is 15.6. The first-order valence-corrected chi connectivity index (χ1v) is 10.2. The van der Waals surface area contributed by atoms with Gasteiger partial charge in [-0.15, -0.1) is 0 Å². The molecule has 1 amide bonds. The molecule has 0 bridgehead atoms. The molecule has 5 heteroatoms. The van der Waals surface area contributed by atoms with Crippen LogP contribution >= 0.6 is 11.8 Å². The van der Waals surface area contributed by atoms with Crippen molar-refractivity contribution in [2.24, 2.45) is 7.05 Å². The summed E-state index contributed by atoms with van der Waals surface area (Å²) in [4.78, 5) is 17.2. The van der Waals surface area contributed by atoms with Crippen LogP contribution in [0.5, 0.6) is 0 Å². The SMILES string of the molecule is Cn1c(SCC(=O)Nc2ccccc2Cc2ccccc2)nc2ccccc21. The van der Waals surface area contributed by atoms with E-state index in [1.165, 1.54) is 17.3 Å². The predicted octanol–water partition coefficient (Wildman–Crippen LogP) is 4.89. The van der Waals surface area contributed by atoms with Crippen LogP contribution in [0.15, 0.2) is 84.0 Å². The van der Waals surface area contributed by atoms with Gasteiger partial charge in [0, 0.05) is 12.7 Å². The number of imidazole rings is 1. The molecule has 0 atom stereocenters. The van der Waals surface area contributed by atoms with Crippen molar-refractivity contribution in [2.45, 2.75) is 11.6 Å². The lowest BCUT2D eigenvalue weighted by atomic mass is 10.0. The largest absolute Gasteiger partial charge is 0.325 e. The van der Waals surface area contributed by atoms with Crippen LogP contribution in [-0.4, -0.2) is 21.2 Å². The molecule has 0 aliphatic carbocycles. The van der Waals surface area contributed by atoms with Gasteiger partial charge >= 0.3 is 0 Å². The van der Waals surface area contributed by atoms with E-state index in [1.807, 2.05) is 72.3 Å². The number of carbonyl (C=O) groups excluding carboxylic acids is 1. The number of para-hydroxylation sites is 3. The maximum Gasteiger partial charge on any atom is 0.234 e. The molecule has 4 aromatic rings. The fourth-order valence-electron chi connectivity index (χ4n) is 3.18. The lowest BCUT2D eigenvalue weighted by Gasteiger charge is -2.11. The minimum Gasteiger partial charge on any atom is -0.325 e. The summed E-state index contributed by atoms with van der Waals surface area (Å²) in [6.07, 6.45) is 0.787. The van der Waals surface area contributed by atoms with Gasteiger partial charge in [0.05, 0.1) is 16.8 Å². The summed E-state index contributed by atoms with van der Waals surface area (Å²) in [5, 5.41) is 3.90. The maximum absolute atomic E-state index is 12.5. The molecule has 28 heavy (non-hydrogen) atoms. The molecule has 0 aliphatic heterocycles. The molecule has 1 aromatic heterocycles. The van der Waals surface area contributed by atoms with Gasteiger partial charge in [-0.3, -0.25) is 4.79 Å². The van der Waals surface area contributed by atoms with E-state index >= 15 is 0 Å². The average molecular weight is 388 g/mol. The predicted molar refractivity (Wildman–Crippen MR) is 116 cm³/mol. The van der Waals surface area contributed by atoms with Gasteiger partial charge in [-0.2, -0.15) is 0 Å². The van der Waals surface area contributed by atoms with E-state index in [1.54, 1.807) is 0 Å². The highest BCUT2D eigenvalue weighted by atomic mass is 32.2. The molecule has 0 radical (unpaired) electrons. The number of anilines is 1. The molecular formula is C23H21N3OS. The fraction of sp³-hybridized carbons (Fsp3) is 0.130. The number of amides is 1. The Bertz CT molecular complexity index is 1110. The first-order valence-electron chi connectivity index (χ1n) is 9.16. The molecule has 0 fully saturated rings. The van der Waals surface area contributed by atoms with Gasteiger partial charge in [0.1, 0.15) is 0 Å². The van der Waals surface area contributed by atoms with Crippen molar-refractivity contribution in [2.75, 3.05) is 11.1 Å². The van der Waals surface area contributed by atoms with Crippen molar-refractivity contribution >= 4 is 34.4 Å². The molecule has 0 aliphatic rings. The lowest BCUT2D eigenvalue weighted by molar-refractivity contribution is -0.113. The molecule has 0 unspecified atom stereocenters. The van der Waals surface area contributed by atoms with E-state index in [0.29, 0.717) is 5.75 Å². The van der Waals surface area contributed by atoms with Gasteiger partial charge in [-0.1, -0.05) is 72.4 Å². The summed E-state index contributed by atoms with van der Waals surface area (Å²) in [5.41, 5.74) is 5.20. The van der Waals surface area contributed by atoms with E-state index in [2.05, 4.69) is 28.5 Å². The van der Waals surface area contributed by atoms with Crippen LogP contribution in [0.25, 0.3) is 11.0 Å². The zero-order valence-corrected chi connectivity index (χ0v) is 16.4. The number of benzene rings is 3. The fourth-order valence-corrected chi connectivity index (χ4v) is 3.97. The minimum absolute atomic E-state index is 0.0300. The second-order valence-corrected chi connectivity index (χ2v) is 7.54. The monoisotopic (exact) mass is 387 g/mol. The third-order valence-electron chi connectivity index (χ3n) is 4.61. The summed E-state index contributed by atoms with van der Waals surface area (Å²) in [6.45, 7) is 0. The van der Waals surface area contributed by atoms with Crippen LogP contribution in [-0.2, 0) is 18.3 Å². The van der Waals surface area contributed by atoms with Gasteiger partial charge in [-0.05, 0) is 35.7 Å². The van der Waals surface area contributed by atoms with Gasteiger partial charge in [-0.25, -0.2) is 4.98 Å². The number of aryl methyl sites for hydroxylation is 1. The molecule has 4 rings (SSSR count). The summed E-state index contributed by atoms with van der Waals surface area (Å²) >= 11 is 1.45. The highest BCUT2D eigenvalue weighted by molar-refractivity contribution is 7.99. The third kappa shape index (κ3) is 4.10. The number of aromatic nitrogens is 2. The molecule has 1 N–H and O–H groups in total. The molecule has 0 saturated carbocycles. The van der Waals surface area contributed by atoms with Crippen LogP contribution in [0.3, 0.4) is 0 Å². The van der Waals surface area contributed by atoms with Crippen molar-refractivity contribution in [3.8, 4) is 0 Å². The minimum atomic E-state index is -0.0300. The van der Waals surface area contributed by atoms with Crippen LogP contribution < -0.4 is 5.32 Å². The molecular weight excluding hydrogens is 366 g/mol. The van der Waals surface area contributed by atoms with Crippen molar-refractivity contribution in [1.82, 2.24) is 9.55 Å². The average Bonchev–Trinajstić information content (AvgIpc) is 3.05. The van der Waals surface area contributed by atoms with E-state index in [9.17, 15) is 4.79 Å². The van der Waals surface area contributed by atoms with E-state index in [-0.39, 0.29) is 5.91 Å². The molecule has 1 heterocycles. The highest BCUT2D eigenvalue weighted by Gasteiger charge is 2.12. The Morgan fingerprint density at radius 3 is 2.50 bits per heavy atom. The van der Waals surface area contributed by atoms with Crippen LogP contribution in [0.4, 0.5) is 5.69 Å². The van der Waals surface area contributed by atoms with Crippen molar-refractivity contribution < 1.29 is 4.79 Å². The van der Waals surface area contributed by atoms with Gasteiger partial charge in [0.25, 0.3) is 0 Å². The summed E-state index contributed by atoms with van der Waals surface area (Å²) in [7, 11) is 1.98. The Morgan fingerprint density at radius 2 is 1.68 bits per heavy atom. The summed E-state index contributed by atoms with van der Waals surface area (Å²) in [5.74, 6) is 0.286. The van der Waals surface area contributed by atoms with Gasteiger partial charge in [0.2, 0.25) is 5.91 Å². The second kappa shape index (κ2) is 8.31. The quantitative estimate of drug-likeness (QED) is 0.479. The Kier molecular flexibility index (Phi) is 5.44. The molecule has 140 valence electrons. The number of nitrogens with zero attached hydrogens (tertiary/aromatic N) is 2. The number of nitrogens with one attached hydrogen (secondary N) is 1. The number of carbonyl (C=O) groups is 1. The summed E-state index contributed by atoms with van der Waals surface area (Å²) in [6, 6.07) is 26.2. The first-order chi connectivity index (χ1) is 13.7. The zero-order chi connectivity index (χ0) is 19.3. The smallest absolute Gasteiger partial charge is 0.234 e. The third-order valence-corrected chi connectivity index (χ3v) is 5.64. The normalized spacial score (nSPS) is 10.9. The van der Waals surface area contributed by atoms with E-state index in [4.69, 9.17) is 0 Å². The van der Waals surface area contributed by atoms with Crippen LogP contribution in [0, 0.1) is 0 Å². The van der Waals surface area contributed by atoms with E-state index < -0.39 is 0 Å². The van der Waals surface area contributed by atoms with Gasteiger partial charge in [0.15, 0.2) is 5.16 Å². The Balaban J connectivity index is 1.43. The standard InChI is InChI=1S/C23H21N3OS/c1-26-21-14-8-7-13-20(21)25-23(26)28-16-22(27)24-19-12-6-5-11-18(19)15-17-9-3-2-4-10-17/h2-14H,15-16H2,1H3,(H,24,27). The second-order valence-electron chi connectivity index (χ2n) is 6.60. The lowest BCUT2D eigenvalue weighted by Crippen LogP contribution is -2.15. The van der Waals surface area contributed by atoms with Crippen LogP contribution in [0.2, 0.25) is 0 Å².